The predicted molar refractivity (Wildman–Crippen MR) is 99.7 cm³/mol. The number of aromatic nitrogens is 2. The second-order valence-electron chi connectivity index (χ2n) is 7.91. The average Bonchev–Trinajstić information content (AvgIpc) is 3.36. The second-order valence-corrected chi connectivity index (χ2v) is 7.91. The third-order valence-electron chi connectivity index (χ3n) is 5.94. The lowest BCUT2D eigenvalue weighted by Crippen LogP contribution is -2.51. The molecule has 0 aliphatic carbocycles. The van der Waals surface area contributed by atoms with Crippen molar-refractivity contribution in [3.8, 4) is 0 Å². The summed E-state index contributed by atoms with van der Waals surface area (Å²) in [7, 11) is 0. The van der Waals surface area contributed by atoms with Crippen LogP contribution >= 0.6 is 0 Å². The number of imidazole rings is 1. The van der Waals surface area contributed by atoms with Crippen molar-refractivity contribution in [2.24, 2.45) is 5.92 Å². The topological polar surface area (TPSA) is 74.7 Å². The number of nitrogens with zero attached hydrogens (tertiary/aromatic N) is 4. The van der Waals surface area contributed by atoms with Gasteiger partial charge >= 0.3 is 0 Å². The van der Waals surface area contributed by atoms with Crippen molar-refractivity contribution in [2.45, 2.75) is 44.4 Å². The fourth-order valence-electron chi connectivity index (χ4n) is 4.24. The Morgan fingerprint density at radius 3 is 2.67 bits per heavy atom. The zero-order valence-electron chi connectivity index (χ0n) is 15.7. The first-order valence-corrected chi connectivity index (χ1v) is 9.83. The van der Waals surface area contributed by atoms with Crippen LogP contribution in [0.15, 0.2) is 41.5 Å². The van der Waals surface area contributed by atoms with Gasteiger partial charge in [-0.1, -0.05) is 0 Å². The fraction of sp³-hybridized carbons (Fsp3) is 0.600. The van der Waals surface area contributed by atoms with Crippen LogP contribution in [0.5, 0.6) is 0 Å². The normalized spacial score (nSPS) is 21.4. The number of carbonyl (C=O) groups excluding carboxylic acids is 1. The molecule has 0 spiro atoms. The number of aliphatic hydroxyl groups is 1. The van der Waals surface area contributed by atoms with Gasteiger partial charge in [-0.3, -0.25) is 9.69 Å². The summed E-state index contributed by atoms with van der Waals surface area (Å²) in [4.78, 5) is 21.2. The summed E-state index contributed by atoms with van der Waals surface area (Å²) in [5.41, 5.74) is -0.746. The zero-order valence-corrected chi connectivity index (χ0v) is 15.7. The third-order valence-corrected chi connectivity index (χ3v) is 5.94. The van der Waals surface area contributed by atoms with E-state index in [4.69, 9.17) is 4.42 Å². The van der Waals surface area contributed by atoms with E-state index >= 15 is 0 Å². The van der Waals surface area contributed by atoms with E-state index in [0.29, 0.717) is 32.5 Å². The molecule has 1 N–H and O–H groups in total. The summed E-state index contributed by atoms with van der Waals surface area (Å²) < 4.78 is 7.33. The van der Waals surface area contributed by atoms with Crippen molar-refractivity contribution < 1.29 is 14.3 Å². The maximum absolute atomic E-state index is 12.9. The van der Waals surface area contributed by atoms with E-state index < -0.39 is 5.60 Å². The Kier molecular flexibility index (Phi) is 5.31. The van der Waals surface area contributed by atoms with Gasteiger partial charge in [0.25, 0.3) is 0 Å². The molecule has 0 bridgehead atoms. The van der Waals surface area contributed by atoms with E-state index in [1.54, 1.807) is 18.8 Å². The Morgan fingerprint density at radius 2 is 2.04 bits per heavy atom. The van der Waals surface area contributed by atoms with Crippen molar-refractivity contribution in [2.75, 3.05) is 26.2 Å². The van der Waals surface area contributed by atoms with Crippen LogP contribution in [0.1, 0.15) is 31.4 Å². The van der Waals surface area contributed by atoms with Crippen LogP contribution < -0.4 is 0 Å². The van der Waals surface area contributed by atoms with Crippen molar-refractivity contribution in [3.63, 3.8) is 0 Å². The van der Waals surface area contributed by atoms with Gasteiger partial charge < -0.3 is 19.0 Å². The molecule has 146 valence electrons. The van der Waals surface area contributed by atoms with Gasteiger partial charge in [0.2, 0.25) is 5.91 Å². The summed E-state index contributed by atoms with van der Waals surface area (Å²) in [6.07, 6.45) is 10.1. The fourth-order valence-corrected chi connectivity index (χ4v) is 4.24. The van der Waals surface area contributed by atoms with Crippen LogP contribution in [0, 0.1) is 5.92 Å². The van der Waals surface area contributed by atoms with Gasteiger partial charge in [0, 0.05) is 31.4 Å². The molecule has 7 heteroatoms. The standard InChI is InChI=1S/C20H28N4O3/c25-19(17-3-8-22(9-4-17)14-18-2-1-13-27-18)24-10-5-20(26,6-11-24)15-23-12-7-21-16-23/h1-2,7,12-13,16-17,26H,3-6,8-11,14-15H2. The molecule has 0 atom stereocenters. The van der Waals surface area contributed by atoms with Gasteiger partial charge in [0.15, 0.2) is 0 Å². The number of piperidine rings is 2. The molecule has 0 unspecified atom stereocenters. The second kappa shape index (κ2) is 7.86. The first-order valence-electron chi connectivity index (χ1n) is 9.83. The molecule has 27 heavy (non-hydrogen) atoms. The molecule has 1 amide bonds. The highest BCUT2D eigenvalue weighted by molar-refractivity contribution is 5.79. The Hall–Kier alpha value is -2.12. The monoisotopic (exact) mass is 372 g/mol. The Bertz CT molecular complexity index is 713. The number of furan rings is 1. The summed E-state index contributed by atoms with van der Waals surface area (Å²) in [6.45, 7) is 4.48. The highest BCUT2D eigenvalue weighted by Crippen LogP contribution is 2.27. The lowest BCUT2D eigenvalue weighted by molar-refractivity contribution is -0.141. The number of amides is 1. The van der Waals surface area contributed by atoms with Crippen molar-refractivity contribution >= 4 is 5.91 Å². The molecule has 2 fully saturated rings. The SMILES string of the molecule is O=C(C1CCN(Cc2ccco2)CC1)N1CCC(O)(Cn2ccnc2)CC1. The van der Waals surface area contributed by atoms with Gasteiger partial charge in [-0.2, -0.15) is 0 Å². The molecule has 7 nitrogen and oxygen atoms in total. The Labute approximate surface area is 159 Å². The minimum Gasteiger partial charge on any atom is -0.468 e. The highest BCUT2D eigenvalue weighted by Gasteiger charge is 2.36. The molecular weight excluding hydrogens is 344 g/mol. The van der Waals surface area contributed by atoms with Crippen LogP contribution in [0.4, 0.5) is 0 Å². The number of carbonyl (C=O) groups is 1. The van der Waals surface area contributed by atoms with Crippen LogP contribution in [-0.2, 0) is 17.9 Å². The molecule has 0 radical (unpaired) electrons. The molecular formula is C20H28N4O3. The molecule has 0 aromatic carbocycles. The molecule has 4 heterocycles. The first-order chi connectivity index (χ1) is 13.1. The predicted octanol–water partition coefficient (Wildman–Crippen LogP) is 1.74. The van der Waals surface area contributed by atoms with Gasteiger partial charge in [-0.15, -0.1) is 0 Å². The zero-order chi connectivity index (χ0) is 18.7. The van der Waals surface area contributed by atoms with Gasteiger partial charge in [0.1, 0.15) is 5.76 Å². The van der Waals surface area contributed by atoms with Crippen molar-refractivity contribution in [3.05, 3.63) is 42.9 Å². The molecule has 2 aliphatic rings. The summed E-state index contributed by atoms with van der Waals surface area (Å²) in [6, 6.07) is 3.91. The van der Waals surface area contributed by atoms with Crippen LogP contribution in [-0.4, -0.2) is 62.1 Å². The Balaban J connectivity index is 1.24. The van der Waals surface area contributed by atoms with Crippen LogP contribution in [0.25, 0.3) is 0 Å². The van der Waals surface area contributed by atoms with Gasteiger partial charge in [-0.25, -0.2) is 4.98 Å². The van der Waals surface area contributed by atoms with Gasteiger partial charge in [-0.05, 0) is 50.9 Å². The van der Waals surface area contributed by atoms with Gasteiger partial charge in [0.05, 0.1) is 31.3 Å². The van der Waals surface area contributed by atoms with Crippen LogP contribution in [0.2, 0.25) is 0 Å². The van der Waals surface area contributed by atoms with E-state index in [-0.39, 0.29) is 11.8 Å². The maximum atomic E-state index is 12.9. The van der Waals surface area contributed by atoms with E-state index in [1.807, 2.05) is 27.8 Å². The van der Waals surface area contributed by atoms with Crippen molar-refractivity contribution in [1.29, 1.82) is 0 Å². The lowest BCUT2D eigenvalue weighted by Gasteiger charge is -2.40. The first kappa shape index (κ1) is 18.3. The molecule has 2 aromatic rings. The van der Waals surface area contributed by atoms with E-state index in [9.17, 15) is 9.90 Å². The number of rotatable bonds is 5. The summed E-state index contributed by atoms with van der Waals surface area (Å²) in [5, 5.41) is 10.8. The smallest absolute Gasteiger partial charge is 0.225 e. The number of likely N-dealkylation sites (tertiary alicyclic amines) is 2. The minimum atomic E-state index is -0.746. The van der Waals surface area contributed by atoms with E-state index in [2.05, 4.69) is 9.88 Å². The number of hydrogen-bond donors (Lipinski definition) is 1. The average molecular weight is 372 g/mol. The van der Waals surface area contributed by atoms with Crippen LogP contribution in [0.3, 0.4) is 0 Å². The third kappa shape index (κ3) is 4.42. The highest BCUT2D eigenvalue weighted by atomic mass is 16.3. The summed E-state index contributed by atoms with van der Waals surface area (Å²) >= 11 is 0. The number of hydrogen-bond acceptors (Lipinski definition) is 5. The molecule has 0 saturated carbocycles. The molecule has 2 saturated heterocycles. The van der Waals surface area contributed by atoms with Crippen molar-refractivity contribution in [1.82, 2.24) is 19.4 Å². The maximum Gasteiger partial charge on any atom is 0.225 e. The Morgan fingerprint density at radius 1 is 1.26 bits per heavy atom. The molecule has 4 rings (SSSR count). The largest absolute Gasteiger partial charge is 0.468 e. The molecule has 2 aromatic heterocycles. The molecule has 2 aliphatic heterocycles. The van der Waals surface area contributed by atoms with E-state index in [0.717, 1.165) is 38.2 Å². The summed E-state index contributed by atoms with van der Waals surface area (Å²) in [5.74, 6) is 1.35. The van der Waals surface area contributed by atoms with E-state index in [1.165, 1.54) is 0 Å². The lowest BCUT2D eigenvalue weighted by atomic mass is 9.89. The quantitative estimate of drug-likeness (QED) is 0.865. The minimum absolute atomic E-state index is 0.109.